The molecule has 124 valence electrons. The average Bonchev–Trinajstić information content (AvgIpc) is 2.36. The van der Waals surface area contributed by atoms with Gasteiger partial charge in [-0.05, 0) is 44.0 Å². The molecule has 1 unspecified atom stereocenters. The lowest BCUT2D eigenvalue weighted by Crippen LogP contribution is -2.32. The van der Waals surface area contributed by atoms with Crippen molar-refractivity contribution in [1.29, 1.82) is 0 Å². The standard InChI is InChI=1S/C13H19N3O5.ClH/c1-8-6-11(15-13(17)10(3)14)7-9(2)12(8)20-4-5-21-16(18)19;/h6-7,10H,4-5,14H2,1-3H3,(H,15,17);1H. The third-order valence-corrected chi connectivity index (χ3v) is 2.67. The second kappa shape index (κ2) is 9.06. The molecule has 0 saturated carbocycles. The molecule has 1 amide bonds. The van der Waals surface area contributed by atoms with Gasteiger partial charge >= 0.3 is 0 Å². The van der Waals surface area contributed by atoms with E-state index < -0.39 is 11.1 Å². The Labute approximate surface area is 134 Å². The molecule has 0 heterocycles. The first kappa shape index (κ1) is 19.9. The number of halogens is 1. The fourth-order valence-corrected chi connectivity index (χ4v) is 1.76. The number of hydrogen-bond acceptors (Lipinski definition) is 6. The average molecular weight is 334 g/mol. The largest absolute Gasteiger partial charge is 0.491 e. The number of carbonyl (C=O) groups excluding carboxylic acids is 1. The van der Waals surface area contributed by atoms with Crippen LogP contribution in [0.2, 0.25) is 0 Å². The van der Waals surface area contributed by atoms with Gasteiger partial charge in [0.05, 0.1) is 6.04 Å². The van der Waals surface area contributed by atoms with E-state index in [1.807, 2.05) is 13.8 Å². The lowest BCUT2D eigenvalue weighted by Gasteiger charge is -2.15. The predicted octanol–water partition coefficient (Wildman–Crippen LogP) is 1.60. The Morgan fingerprint density at radius 2 is 1.91 bits per heavy atom. The summed E-state index contributed by atoms with van der Waals surface area (Å²) >= 11 is 0. The van der Waals surface area contributed by atoms with Crippen molar-refractivity contribution in [2.75, 3.05) is 18.5 Å². The van der Waals surface area contributed by atoms with Gasteiger partial charge in [-0.2, -0.15) is 0 Å². The highest BCUT2D eigenvalue weighted by Gasteiger charge is 2.11. The van der Waals surface area contributed by atoms with Crippen molar-refractivity contribution < 1.29 is 19.5 Å². The first-order chi connectivity index (χ1) is 9.81. The summed E-state index contributed by atoms with van der Waals surface area (Å²) in [6.07, 6.45) is 0. The van der Waals surface area contributed by atoms with Crippen LogP contribution in [-0.4, -0.2) is 30.2 Å². The zero-order valence-corrected chi connectivity index (χ0v) is 13.4. The molecule has 3 N–H and O–H groups in total. The van der Waals surface area contributed by atoms with Crippen LogP contribution in [0.1, 0.15) is 18.1 Å². The fraction of sp³-hybridized carbons (Fsp3) is 0.462. The molecule has 1 rings (SSSR count). The Morgan fingerprint density at radius 3 is 2.36 bits per heavy atom. The Kier molecular flexibility index (Phi) is 8.21. The van der Waals surface area contributed by atoms with Crippen LogP contribution in [0.5, 0.6) is 5.75 Å². The Balaban J connectivity index is 0.00000441. The quantitative estimate of drug-likeness (QED) is 0.444. The Bertz CT molecular complexity index is 513. The third kappa shape index (κ3) is 6.15. The van der Waals surface area contributed by atoms with E-state index >= 15 is 0 Å². The van der Waals surface area contributed by atoms with Gasteiger partial charge in [0.1, 0.15) is 19.0 Å². The summed E-state index contributed by atoms with van der Waals surface area (Å²) in [5.41, 5.74) is 7.72. The molecule has 22 heavy (non-hydrogen) atoms. The van der Waals surface area contributed by atoms with E-state index in [9.17, 15) is 14.9 Å². The molecule has 0 fully saturated rings. The summed E-state index contributed by atoms with van der Waals surface area (Å²) in [7, 11) is 0. The normalized spacial score (nSPS) is 11.1. The number of rotatable bonds is 7. The van der Waals surface area contributed by atoms with Crippen LogP contribution < -0.4 is 15.8 Å². The van der Waals surface area contributed by atoms with Gasteiger partial charge in [0.15, 0.2) is 0 Å². The molecule has 1 aromatic rings. The van der Waals surface area contributed by atoms with Gasteiger partial charge in [-0.15, -0.1) is 22.5 Å². The van der Waals surface area contributed by atoms with Crippen LogP contribution in [0.3, 0.4) is 0 Å². The smallest absolute Gasteiger partial charge is 0.294 e. The highest BCUT2D eigenvalue weighted by atomic mass is 35.5. The SMILES string of the molecule is Cc1cc(NC(=O)C(C)N)cc(C)c1OCCO[N+](=O)[O-].Cl. The summed E-state index contributed by atoms with van der Waals surface area (Å²) in [6, 6.07) is 2.90. The summed E-state index contributed by atoms with van der Waals surface area (Å²) in [5.74, 6) is 0.336. The summed E-state index contributed by atoms with van der Waals surface area (Å²) in [5, 5.41) is 11.9. The summed E-state index contributed by atoms with van der Waals surface area (Å²) < 4.78 is 5.46. The van der Waals surface area contributed by atoms with E-state index in [4.69, 9.17) is 10.5 Å². The maximum absolute atomic E-state index is 11.5. The van der Waals surface area contributed by atoms with Crippen LogP contribution in [0.25, 0.3) is 0 Å². The van der Waals surface area contributed by atoms with Crippen molar-refractivity contribution in [2.24, 2.45) is 5.73 Å². The minimum absolute atomic E-state index is 0. The van der Waals surface area contributed by atoms with Crippen LogP contribution in [0.4, 0.5) is 5.69 Å². The van der Waals surface area contributed by atoms with E-state index in [0.29, 0.717) is 11.4 Å². The van der Waals surface area contributed by atoms with Crippen molar-refractivity contribution in [2.45, 2.75) is 26.8 Å². The van der Waals surface area contributed by atoms with Gasteiger partial charge in [0, 0.05) is 5.69 Å². The number of ether oxygens (including phenoxy) is 1. The lowest BCUT2D eigenvalue weighted by molar-refractivity contribution is -0.757. The number of aryl methyl sites for hydroxylation is 2. The zero-order valence-electron chi connectivity index (χ0n) is 12.6. The van der Waals surface area contributed by atoms with Gasteiger partial charge in [-0.3, -0.25) is 4.79 Å². The van der Waals surface area contributed by atoms with E-state index in [0.717, 1.165) is 11.1 Å². The second-order valence-electron chi connectivity index (χ2n) is 4.62. The number of amides is 1. The number of hydrogen-bond donors (Lipinski definition) is 2. The highest BCUT2D eigenvalue weighted by Crippen LogP contribution is 2.27. The number of nitrogens with two attached hydrogens (primary N) is 1. The zero-order chi connectivity index (χ0) is 16.0. The second-order valence-corrected chi connectivity index (χ2v) is 4.62. The van der Waals surface area contributed by atoms with Crippen LogP contribution in [0, 0.1) is 24.0 Å². The molecule has 8 nitrogen and oxygen atoms in total. The van der Waals surface area contributed by atoms with E-state index in [-0.39, 0.29) is 31.5 Å². The van der Waals surface area contributed by atoms with Crippen molar-refractivity contribution in [3.8, 4) is 5.75 Å². The van der Waals surface area contributed by atoms with Crippen molar-refractivity contribution in [3.05, 3.63) is 33.4 Å². The number of anilines is 1. The van der Waals surface area contributed by atoms with Gasteiger partial charge in [-0.1, -0.05) is 0 Å². The first-order valence-electron chi connectivity index (χ1n) is 6.39. The van der Waals surface area contributed by atoms with Crippen LogP contribution >= 0.6 is 12.4 Å². The lowest BCUT2D eigenvalue weighted by atomic mass is 10.1. The van der Waals surface area contributed by atoms with Gasteiger partial charge < -0.3 is 20.6 Å². The third-order valence-electron chi connectivity index (χ3n) is 2.67. The molecule has 0 aliphatic rings. The number of carbonyl (C=O) groups is 1. The molecule has 0 radical (unpaired) electrons. The molecule has 0 saturated heterocycles. The summed E-state index contributed by atoms with van der Waals surface area (Å²) in [4.78, 5) is 25.7. The number of benzene rings is 1. The van der Waals surface area contributed by atoms with Crippen LogP contribution in [0.15, 0.2) is 12.1 Å². The molecule has 0 aromatic heterocycles. The molecule has 9 heteroatoms. The maximum Gasteiger partial charge on any atom is 0.294 e. The molecule has 0 aliphatic heterocycles. The van der Waals surface area contributed by atoms with Crippen LogP contribution in [-0.2, 0) is 9.63 Å². The van der Waals surface area contributed by atoms with E-state index in [1.165, 1.54) is 0 Å². The Hall–Kier alpha value is -2.06. The van der Waals surface area contributed by atoms with E-state index in [2.05, 4.69) is 10.2 Å². The molecule has 1 aromatic carbocycles. The first-order valence-corrected chi connectivity index (χ1v) is 6.39. The van der Waals surface area contributed by atoms with Crippen molar-refractivity contribution >= 4 is 24.0 Å². The number of nitrogens with zero attached hydrogens (tertiary/aromatic N) is 1. The fourth-order valence-electron chi connectivity index (χ4n) is 1.76. The van der Waals surface area contributed by atoms with Gasteiger partial charge in [-0.25, -0.2) is 0 Å². The molecular weight excluding hydrogens is 314 g/mol. The molecule has 1 atom stereocenters. The predicted molar refractivity (Wildman–Crippen MR) is 83.9 cm³/mol. The minimum Gasteiger partial charge on any atom is -0.491 e. The molecule has 0 bridgehead atoms. The molecule has 0 aliphatic carbocycles. The highest BCUT2D eigenvalue weighted by molar-refractivity contribution is 5.94. The van der Waals surface area contributed by atoms with Crippen molar-refractivity contribution in [1.82, 2.24) is 0 Å². The van der Waals surface area contributed by atoms with E-state index in [1.54, 1.807) is 19.1 Å². The molecule has 0 spiro atoms. The Morgan fingerprint density at radius 1 is 1.36 bits per heavy atom. The summed E-state index contributed by atoms with van der Waals surface area (Å²) in [6.45, 7) is 5.15. The monoisotopic (exact) mass is 333 g/mol. The van der Waals surface area contributed by atoms with Gasteiger partial charge in [0.25, 0.3) is 5.09 Å². The van der Waals surface area contributed by atoms with Gasteiger partial charge in [0.2, 0.25) is 5.91 Å². The minimum atomic E-state index is -0.865. The number of nitrogens with one attached hydrogen (secondary N) is 1. The molecular formula is C13H20ClN3O5. The maximum atomic E-state index is 11.5. The van der Waals surface area contributed by atoms with Crippen molar-refractivity contribution in [3.63, 3.8) is 0 Å². The topological polar surface area (TPSA) is 117 Å².